The molecule has 1 unspecified atom stereocenters. The van der Waals surface area contributed by atoms with E-state index in [0.29, 0.717) is 0 Å². The first-order chi connectivity index (χ1) is 7.56. The Morgan fingerprint density at radius 3 is 3.06 bits per heavy atom. The van der Waals surface area contributed by atoms with Crippen LogP contribution in [-0.4, -0.2) is 30.8 Å². The van der Waals surface area contributed by atoms with E-state index in [-0.39, 0.29) is 12.6 Å². The van der Waals surface area contributed by atoms with Crippen molar-refractivity contribution in [3.63, 3.8) is 0 Å². The molecule has 4 nitrogen and oxygen atoms in total. The second-order valence-electron chi connectivity index (χ2n) is 4.17. The summed E-state index contributed by atoms with van der Waals surface area (Å²) in [7, 11) is 1.77. The number of benzene rings is 1. The molecule has 0 spiro atoms. The highest BCUT2D eigenvalue weighted by Gasteiger charge is 2.19. The quantitative estimate of drug-likeness (QED) is 0.841. The molecular weight excluding hydrogens is 206 g/mol. The summed E-state index contributed by atoms with van der Waals surface area (Å²) in [6.07, 6.45) is 1.11. The minimum absolute atomic E-state index is 0.00912. The predicted molar refractivity (Wildman–Crippen MR) is 61.1 cm³/mol. The number of ether oxygens (including phenoxy) is 1. The number of aliphatic carboxylic acids is 1. The summed E-state index contributed by atoms with van der Waals surface area (Å²) in [6, 6.07) is 5.80. The fourth-order valence-electron chi connectivity index (χ4n) is 1.94. The number of anilines is 1. The maximum atomic E-state index is 10.6. The summed E-state index contributed by atoms with van der Waals surface area (Å²) in [4.78, 5) is 12.3. The van der Waals surface area contributed by atoms with Crippen LogP contribution in [0, 0.1) is 0 Å². The van der Waals surface area contributed by atoms with E-state index >= 15 is 0 Å². The first-order valence-electron chi connectivity index (χ1n) is 5.29. The van der Waals surface area contributed by atoms with Gasteiger partial charge in [0.2, 0.25) is 0 Å². The van der Waals surface area contributed by atoms with E-state index < -0.39 is 5.97 Å². The van der Waals surface area contributed by atoms with Crippen LogP contribution in [-0.2, 0) is 11.2 Å². The van der Waals surface area contributed by atoms with Crippen LogP contribution >= 0.6 is 0 Å². The van der Waals surface area contributed by atoms with Crippen molar-refractivity contribution < 1.29 is 14.6 Å². The van der Waals surface area contributed by atoms with Crippen molar-refractivity contribution in [1.82, 2.24) is 0 Å². The molecule has 0 radical (unpaired) electrons. The number of hydrogen-bond donors (Lipinski definition) is 1. The van der Waals surface area contributed by atoms with Gasteiger partial charge in [0.25, 0.3) is 0 Å². The van der Waals surface area contributed by atoms with E-state index in [1.807, 2.05) is 25.1 Å². The van der Waals surface area contributed by atoms with Crippen molar-refractivity contribution >= 4 is 11.7 Å². The Bertz CT molecular complexity index is 417. The van der Waals surface area contributed by atoms with E-state index in [4.69, 9.17) is 9.84 Å². The smallest absolute Gasteiger partial charge is 0.323 e. The van der Waals surface area contributed by atoms with Gasteiger partial charge in [0.05, 0.1) is 0 Å². The molecule has 1 aromatic carbocycles. The van der Waals surface area contributed by atoms with Crippen LogP contribution in [0.5, 0.6) is 5.75 Å². The first-order valence-corrected chi connectivity index (χ1v) is 5.29. The van der Waals surface area contributed by atoms with Crippen molar-refractivity contribution in [2.24, 2.45) is 0 Å². The van der Waals surface area contributed by atoms with Gasteiger partial charge in [0, 0.05) is 19.2 Å². The number of fused-ring (bicyclic) bond motifs is 1. The average molecular weight is 221 g/mol. The summed E-state index contributed by atoms with van der Waals surface area (Å²) in [5, 5.41) is 8.71. The molecule has 1 aliphatic rings. The molecular formula is C12H15NO3. The summed E-state index contributed by atoms with van der Waals surface area (Å²) in [6.45, 7) is 2.04. The third-order valence-electron chi connectivity index (χ3n) is 2.69. The molecule has 1 aromatic rings. The second kappa shape index (κ2) is 4.04. The molecule has 4 heteroatoms. The molecule has 1 atom stereocenters. The molecule has 86 valence electrons. The van der Waals surface area contributed by atoms with Gasteiger partial charge in [-0.2, -0.15) is 0 Å². The zero-order valence-corrected chi connectivity index (χ0v) is 9.43. The van der Waals surface area contributed by atoms with Crippen LogP contribution in [0.3, 0.4) is 0 Å². The highest BCUT2D eigenvalue weighted by Crippen LogP contribution is 2.31. The standard InChI is InChI=1S/C12H15NO3/c1-8-5-9-6-10(3-4-11(9)16-8)13(2)7-12(14)15/h3-4,6,8H,5,7H2,1-2H3,(H,14,15). The van der Waals surface area contributed by atoms with E-state index in [0.717, 1.165) is 23.4 Å². The van der Waals surface area contributed by atoms with Crippen molar-refractivity contribution in [3.8, 4) is 5.75 Å². The zero-order valence-electron chi connectivity index (χ0n) is 9.43. The minimum atomic E-state index is -0.826. The molecule has 1 N–H and O–H groups in total. The Morgan fingerprint density at radius 1 is 1.62 bits per heavy atom. The number of nitrogens with zero attached hydrogens (tertiary/aromatic N) is 1. The van der Waals surface area contributed by atoms with Gasteiger partial charge in [-0.05, 0) is 30.7 Å². The zero-order chi connectivity index (χ0) is 11.7. The van der Waals surface area contributed by atoms with Crippen LogP contribution in [0.1, 0.15) is 12.5 Å². The van der Waals surface area contributed by atoms with Gasteiger partial charge >= 0.3 is 5.97 Å². The number of carboxylic acids is 1. The SMILES string of the molecule is CC1Cc2cc(N(C)CC(=O)O)ccc2O1. The largest absolute Gasteiger partial charge is 0.490 e. The van der Waals surface area contributed by atoms with Crippen molar-refractivity contribution in [3.05, 3.63) is 23.8 Å². The van der Waals surface area contributed by atoms with Gasteiger partial charge in [0.15, 0.2) is 0 Å². The molecule has 16 heavy (non-hydrogen) atoms. The van der Waals surface area contributed by atoms with Crippen molar-refractivity contribution in [1.29, 1.82) is 0 Å². The van der Waals surface area contributed by atoms with Gasteiger partial charge in [-0.15, -0.1) is 0 Å². The number of carboxylic acid groups (broad SMARTS) is 1. The molecule has 1 aliphatic heterocycles. The normalized spacial score (nSPS) is 17.8. The highest BCUT2D eigenvalue weighted by molar-refractivity contribution is 5.73. The molecule has 0 fully saturated rings. The van der Waals surface area contributed by atoms with E-state index in [2.05, 4.69) is 0 Å². The van der Waals surface area contributed by atoms with Gasteiger partial charge in [-0.3, -0.25) is 4.79 Å². The Balaban J connectivity index is 2.19. The summed E-state index contributed by atoms with van der Waals surface area (Å²) < 4.78 is 5.59. The van der Waals surface area contributed by atoms with Crippen LogP contribution in [0.15, 0.2) is 18.2 Å². The summed E-state index contributed by atoms with van der Waals surface area (Å²) in [5.41, 5.74) is 2.07. The minimum Gasteiger partial charge on any atom is -0.490 e. The second-order valence-corrected chi connectivity index (χ2v) is 4.17. The Kier molecular flexibility index (Phi) is 2.73. The van der Waals surface area contributed by atoms with Crippen LogP contribution in [0.25, 0.3) is 0 Å². The third-order valence-corrected chi connectivity index (χ3v) is 2.69. The lowest BCUT2D eigenvalue weighted by atomic mass is 10.1. The van der Waals surface area contributed by atoms with Crippen molar-refractivity contribution in [2.75, 3.05) is 18.5 Å². The van der Waals surface area contributed by atoms with Crippen LogP contribution < -0.4 is 9.64 Å². The van der Waals surface area contributed by atoms with Gasteiger partial charge in [-0.25, -0.2) is 0 Å². The lowest BCUT2D eigenvalue weighted by molar-refractivity contribution is -0.135. The first kappa shape index (κ1) is 10.8. The van der Waals surface area contributed by atoms with E-state index in [9.17, 15) is 4.79 Å². The highest BCUT2D eigenvalue weighted by atomic mass is 16.5. The maximum absolute atomic E-state index is 10.6. The molecule has 0 amide bonds. The van der Waals surface area contributed by atoms with Gasteiger partial charge in [0.1, 0.15) is 18.4 Å². The van der Waals surface area contributed by atoms with E-state index in [1.165, 1.54) is 0 Å². The van der Waals surface area contributed by atoms with E-state index in [1.54, 1.807) is 11.9 Å². The molecule has 2 rings (SSSR count). The lowest BCUT2D eigenvalue weighted by Crippen LogP contribution is -2.25. The molecule has 0 bridgehead atoms. The summed E-state index contributed by atoms with van der Waals surface area (Å²) in [5.74, 6) is 0.0904. The summed E-state index contributed by atoms with van der Waals surface area (Å²) >= 11 is 0. The van der Waals surface area contributed by atoms with Gasteiger partial charge < -0.3 is 14.7 Å². The van der Waals surface area contributed by atoms with Crippen LogP contribution in [0.4, 0.5) is 5.69 Å². The van der Waals surface area contributed by atoms with Crippen molar-refractivity contribution in [2.45, 2.75) is 19.4 Å². The Labute approximate surface area is 94.4 Å². The van der Waals surface area contributed by atoms with Gasteiger partial charge in [-0.1, -0.05) is 0 Å². The average Bonchev–Trinajstić information content (AvgIpc) is 2.55. The monoisotopic (exact) mass is 221 g/mol. The fourth-order valence-corrected chi connectivity index (χ4v) is 1.94. The molecule has 1 heterocycles. The number of likely N-dealkylation sites (N-methyl/N-ethyl adjacent to an activating group) is 1. The Hall–Kier alpha value is -1.71. The predicted octanol–water partition coefficient (Wildman–Crippen LogP) is 1.53. The Morgan fingerprint density at radius 2 is 2.38 bits per heavy atom. The number of rotatable bonds is 3. The molecule has 0 aliphatic carbocycles. The lowest BCUT2D eigenvalue weighted by Gasteiger charge is -2.17. The fraction of sp³-hybridized carbons (Fsp3) is 0.417. The molecule has 0 aromatic heterocycles. The topological polar surface area (TPSA) is 49.8 Å². The maximum Gasteiger partial charge on any atom is 0.323 e. The number of carbonyl (C=O) groups is 1. The number of hydrogen-bond acceptors (Lipinski definition) is 3. The third kappa shape index (κ3) is 2.10. The van der Waals surface area contributed by atoms with Crippen LogP contribution in [0.2, 0.25) is 0 Å². The molecule has 0 saturated carbocycles. The molecule has 0 saturated heterocycles.